The maximum atomic E-state index is 11.1. The first-order valence-corrected chi connectivity index (χ1v) is 8.57. The van der Waals surface area contributed by atoms with E-state index in [-0.39, 0.29) is 4.90 Å². The third kappa shape index (κ3) is 3.40. The first kappa shape index (κ1) is 13.7. The molecule has 0 aliphatic carbocycles. The number of nitrogens with two attached hydrogens (primary N) is 1. The fourth-order valence-corrected chi connectivity index (χ4v) is 3.72. The molecule has 2 unspecified atom stereocenters. The third-order valence-electron chi connectivity index (χ3n) is 3.14. The van der Waals surface area contributed by atoms with Gasteiger partial charge in [-0.15, -0.1) is 0 Å². The van der Waals surface area contributed by atoms with Gasteiger partial charge in [-0.3, -0.25) is 0 Å². The van der Waals surface area contributed by atoms with E-state index < -0.39 is 10.0 Å². The van der Waals surface area contributed by atoms with Crippen LogP contribution < -0.4 is 10.5 Å². The van der Waals surface area contributed by atoms with E-state index in [4.69, 9.17) is 5.14 Å². The summed E-state index contributed by atoms with van der Waals surface area (Å²) in [5, 5.41) is 9.09. The monoisotopic (exact) mass is 286 g/mol. The molecule has 100 valence electrons. The van der Waals surface area contributed by atoms with Crippen LogP contribution >= 0.6 is 11.8 Å². The lowest BCUT2D eigenvalue weighted by atomic mass is 10.1. The Morgan fingerprint density at radius 2 is 2.00 bits per heavy atom. The number of hydrogen-bond donors (Lipinski definition) is 2. The minimum absolute atomic E-state index is 0.152. The summed E-state index contributed by atoms with van der Waals surface area (Å²) in [5.74, 6) is 1.23. The van der Waals surface area contributed by atoms with E-state index in [1.807, 2.05) is 11.8 Å². The van der Waals surface area contributed by atoms with E-state index in [2.05, 4.69) is 12.2 Å². The summed E-state index contributed by atoms with van der Waals surface area (Å²) in [7, 11) is -3.60. The Morgan fingerprint density at radius 3 is 2.56 bits per heavy atom. The highest BCUT2D eigenvalue weighted by atomic mass is 32.2. The minimum atomic E-state index is -3.60. The highest BCUT2D eigenvalue weighted by Gasteiger charge is 2.21. The molecule has 1 aromatic rings. The lowest BCUT2D eigenvalue weighted by molar-refractivity contribution is 0.597. The zero-order chi connectivity index (χ0) is 13.2. The molecule has 0 radical (unpaired) electrons. The largest absolute Gasteiger partial charge is 0.381 e. The van der Waals surface area contributed by atoms with Crippen molar-refractivity contribution in [3.05, 3.63) is 24.3 Å². The third-order valence-corrected chi connectivity index (χ3v) is 5.45. The van der Waals surface area contributed by atoms with E-state index >= 15 is 0 Å². The molecule has 0 saturated carbocycles. The molecule has 1 aromatic carbocycles. The summed E-state index contributed by atoms with van der Waals surface area (Å²) >= 11 is 1.97. The molecule has 18 heavy (non-hydrogen) atoms. The second-order valence-corrected chi connectivity index (χ2v) is 7.58. The number of hydrogen-bond acceptors (Lipinski definition) is 4. The van der Waals surface area contributed by atoms with Gasteiger partial charge >= 0.3 is 0 Å². The maximum absolute atomic E-state index is 11.1. The van der Waals surface area contributed by atoms with Crippen molar-refractivity contribution in [3.63, 3.8) is 0 Å². The quantitative estimate of drug-likeness (QED) is 0.892. The van der Waals surface area contributed by atoms with Crippen LogP contribution in [0.15, 0.2) is 29.2 Å². The van der Waals surface area contributed by atoms with Crippen LogP contribution in [0, 0.1) is 0 Å². The van der Waals surface area contributed by atoms with Crippen LogP contribution in [-0.4, -0.2) is 25.5 Å². The molecular weight excluding hydrogens is 268 g/mol. The fourth-order valence-electron chi connectivity index (χ4n) is 2.07. The van der Waals surface area contributed by atoms with Gasteiger partial charge < -0.3 is 5.32 Å². The molecular formula is C12H18N2O2S2. The van der Waals surface area contributed by atoms with Crippen molar-refractivity contribution in [3.8, 4) is 0 Å². The van der Waals surface area contributed by atoms with Crippen LogP contribution in [0.4, 0.5) is 5.69 Å². The van der Waals surface area contributed by atoms with Gasteiger partial charge in [0.25, 0.3) is 0 Å². The lowest BCUT2D eigenvalue weighted by Gasteiger charge is -2.30. The average molecular weight is 286 g/mol. The Morgan fingerprint density at radius 1 is 1.33 bits per heavy atom. The van der Waals surface area contributed by atoms with Crippen LogP contribution in [0.2, 0.25) is 0 Å². The van der Waals surface area contributed by atoms with Crippen molar-refractivity contribution in [1.82, 2.24) is 0 Å². The molecule has 1 aliphatic heterocycles. The van der Waals surface area contributed by atoms with Crippen molar-refractivity contribution in [2.45, 2.75) is 36.0 Å². The van der Waals surface area contributed by atoms with Crippen LogP contribution in [0.1, 0.15) is 19.8 Å². The molecule has 0 amide bonds. The van der Waals surface area contributed by atoms with Crippen LogP contribution in [-0.2, 0) is 10.0 Å². The van der Waals surface area contributed by atoms with Gasteiger partial charge in [-0.1, -0.05) is 6.92 Å². The molecule has 1 saturated heterocycles. The highest BCUT2D eigenvalue weighted by molar-refractivity contribution is 8.00. The predicted octanol–water partition coefficient (Wildman–Crippen LogP) is 2.03. The van der Waals surface area contributed by atoms with Gasteiger partial charge in [-0.2, -0.15) is 11.8 Å². The summed E-state index contributed by atoms with van der Waals surface area (Å²) < 4.78 is 22.3. The van der Waals surface area contributed by atoms with E-state index in [0.717, 1.165) is 12.1 Å². The number of nitrogens with one attached hydrogen (secondary N) is 1. The Bertz CT molecular complexity index is 499. The van der Waals surface area contributed by atoms with Gasteiger partial charge in [0.1, 0.15) is 0 Å². The number of rotatable bonds is 3. The van der Waals surface area contributed by atoms with Gasteiger partial charge in [-0.25, -0.2) is 13.6 Å². The van der Waals surface area contributed by atoms with E-state index in [9.17, 15) is 8.42 Å². The topological polar surface area (TPSA) is 72.2 Å². The van der Waals surface area contributed by atoms with Crippen LogP contribution in [0.5, 0.6) is 0 Å². The normalized spacial score (nSPS) is 24.8. The molecule has 1 fully saturated rings. The number of sulfonamides is 1. The lowest BCUT2D eigenvalue weighted by Crippen LogP contribution is -2.32. The van der Waals surface area contributed by atoms with Gasteiger partial charge in [0.15, 0.2) is 0 Å². The Balaban J connectivity index is 2.06. The molecule has 6 heteroatoms. The number of benzene rings is 1. The molecule has 0 bridgehead atoms. The predicted molar refractivity (Wildman–Crippen MR) is 76.4 cm³/mol. The number of anilines is 1. The second-order valence-electron chi connectivity index (χ2n) is 4.54. The Kier molecular flexibility index (Phi) is 4.19. The fraction of sp³-hybridized carbons (Fsp3) is 0.500. The summed E-state index contributed by atoms with van der Waals surface area (Å²) in [5.41, 5.74) is 0.946. The smallest absolute Gasteiger partial charge is 0.238 e. The van der Waals surface area contributed by atoms with Gasteiger partial charge in [0.05, 0.1) is 4.90 Å². The van der Waals surface area contributed by atoms with Gasteiger partial charge in [-0.05, 0) is 42.9 Å². The zero-order valence-electron chi connectivity index (χ0n) is 10.3. The molecule has 1 heterocycles. The first-order valence-electron chi connectivity index (χ1n) is 5.98. The molecule has 3 N–H and O–H groups in total. The van der Waals surface area contributed by atoms with Crippen molar-refractivity contribution in [2.75, 3.05) is 11.1 Å². The Hall–Kier alpha value is -0.720. The summed E-state index contributed by atoms with van der Waals surface area (Å²) in [4.78, 5) is 0.152. The maximum Gasteiger partial charge on any atom is 0.238 e. The number of primary sulfonamides is 1. The molecule has 2 rings (SSSR count). The molecule has 4 nitrogen and oxygen atoms in total. The molecule has 1 aliphatic rings. The second kappa shape index (κ2) is 5.50. The molecule has 0 aromatic heterocycles. The van der Waals surface area contributed by atoms with Gasteiger partial charge in [0.2, 0.25) is 10.0 Å². The summed E-state index contributed by atoms with van der Waals surface area (Å²) in [6, 6.07) is 7.07. The zero-order valence-corrected chi connectivity index (χ0v) is 11.9. The van der Waals surface area contributed by atoms with Crippen LogP contribution in [0.25, 0.3) is 0 Å². The highest BCUT2D eigenvalue weighted by Crippen LogP contribution is 2.27. The van der Waals surface area contributed by atoms with E-state index in [1.165, 1.54) is 24.3 Å². The van der Waals surface area contributed by atoms with Crippen molar-refractivity contribution < 1.29 is 8.42 Å². The van der Waals surface area contributed by atoms with E-state index in [1.54, 1.807) is 12.1 Å². The molecule has 2 atom stereocenters. The van der Waals surface area contributed by atoms with Crippen molar-refractivity contribution in [1.29, 1.82) is 0 Å². The summed E-state index contributed by atoms with van der Waals surface area (Å²) in [6.45, 7) is 2.22. The van der Waals surface area contributed by atoms with E-state index in [0.29, 0.717) is 11.3 Å². The molecule has 0 spiro atoms. The number of thioether (sulfide) groups is 1. The van der Waals surface area contributed by atoms with Gasteiger partial charge in [0, 0.05) is 17.0 Å². The standard InChI is InChI=1S/C12H18N2O2S2/c1-9-12(3-2-8-17-9)14-10-4-6-11(7-5-10)18(13,15)16/h4-7,9,12,14H,2-3,8H2,1H3,(H2,13,15,16). The summed E-state index contributed by atoms with van der Waals surface area (Å²) in [6.07, 6.45) is 2.38. The minimum Gasteiger partial charge on any atom is -0.381 e. The van der Waals surface area contributed by atoms with Crippen molar-refractivity contribution >= 4 is 27.5 Å². The van der Waals surface area contributed by atoms with Crippen molar-refractivity contribution in [2.24, 2.45) is 5.14 Å². The Labute approximate surface area is 112 Å². The average Bonchev–Trinajstić information content (AvgIpc) is 2.32. The first-order chi connectivity index (χ1) is 8.47. The SMILES string of the molecule is CC1SCCCC1Nc1ccc(S(N)(=O)=O)cc1. The van der Waals surface area contributed by atoms with Crippen LogP contribution in [0.3, 0.4) is 0 Å².